The molecule has 6 nitrogen and oxygen atoms in total. The summed E-state index contributed by atoms with van der Waals surface area (Å²) < 4.78 is 34.3. The number of hydrogen-bond acceptors (Lipinski definition) is 4. The van der Waals surface area contributed by atoms with Crippen molar-refractivity contribution in [1.29, 1.82) is 0 Å². The van der Waals surface area contributed by atoms with Crippen LogP contribution in [0.1, 0.15) is 32.4 Å². The number of nitrogens with one attached hydrogen (secondary N) is 1. The normalized spacial score (nSPS) is 13.6. The lowest BCUT2D eigenvalue weighted by molar-refractivity contribution is 0.173. The van der Waals surface area contributed by atoms with Gasteiger partial charge in [-0.25, -0.2) is 13.1 Å². The van der Waals surface area contributed by atoms with Crippen LogP contribution in [0.3, 0.4) is 0 Å². The third-order valence-corrected chi connectivity index (χ3v) is 4.61. The Morgan fingerprint density at radius 2 is 2.15 bits per heavy atom. The zero-order chi connectivity index (χ0) is 15.2. The van der Waals surface area contributed by atoms with Gasteiger partial charge in [0.25, 0.3) is 0 Å². The third-order valence-electron chi connectivity index (χ3n) is 3.13. The van der Waals surface area contributed by atoms with Crippen molar-refractivity contribution in [3.8, 4) is 0 Å². The van der Waals surface area contributed by atoms with Crippen molar-refractivity contribution in [2.45, 2.75) is 50.7 Å². The maximum atomic E-state index is 12.3. The number of methoxy groups -OCH3 is 1. The van der Waals surface area contributed by atoms with Crippen molar-refractivity contribution in [3.63, 3.8) is 0 Å². The monoisotopic (exact) mass is 303 g/mol. The van der Waals surface area contributed by atoms with Crippen LogP contribution in [-0.4, -0.2) is 32.7 Å². The molecule has 0 aromatic carbocycles. The van der Waals surface area contributed by atoms with Gasteiger partial charge >= 0.3 is 0 Å². The van der Waals surface area contributed by atoms with E-state index in [2.05, 4.69) is 4.72 Å². The molecule has 0 aliphatic carbocycles. The molecule has 3 N–H and O–H groups in total. The van der Waals surface area contributed by atoms with Gasteiger partial charge in [-0.05, 0) is 18.9 Å². The summed E-state index contributed by atoms with van der Waals surface area (Å²) in [5.41, 5.74) is 6.48. The number of nitrogens with zero attached hydrogens (tertiary/aromatic N) is 1. The molecule has 0 radical (unpaired) electrons. The van der Waals surface area contributed by atoms with Crippen molar-refractivity contribution in [3.05, 3.63) is 18.0 Å². The molecule has 0 bridgehead atoms. The zero-order valence-corrected chi connectivity index (χ0v) is 13.2. The van der Waals surface area contributed by atoms with E-state index in [1.54, 1.807) is 19.4 Å². The molecule has 0 aliphatic rings. The molecule has 0 amide bonds. The van der Waals surface area contributed by atoms with Gasteiger partial charge in [0.1, 0.15) is 0 Å². The van der Waals surface area contributed by atoms with Crippen molar-refractivity contribution in [2.75, 3.05) is 13.7 Å². The van der Waals surface area contributed by atoms with Crippen LogP contribution in [-0.2, 0) is 27.8 Å². The lowest BCUT2D eigenvalue weighted by atomic mass is 10.3. The molecule has 7 heteroatoms. The van der Waals surface area contributed by atoms with Crippen LogP contribution in [0, 0.1) is 0 Å². The van der Waals surface area contributed by atoms with Gasteiger partial charge in [0.05, 0.1) is 11.5 Å². The SMILES string of the molecule is CCCn1cc(S(=O)(=O)NC(CC)COC)cc1CN. The van der Waals surface area contributed by atoms with E-state index in [0.717, 1.165) is 18.7 Å². The molecule has 0 saturated heterocycles. The van der Waals surface area contributed by atoms with E-state index in [-0.39, 0.29) is 10.9 Å². The lowest BCUT2D eigenvalue weighted by Gasteiger charge is -2.15. The second-order valence-electron chi connectivity index (χ2n) is 4.75. The van der Waals surface area contributed by atoms with Crippen LogP contribution in [0.5, 0.6) is 0 Å². The molecule has 0 fully saturated rings. The standard InChI is InChI=1S/C13H25N3O3S/c1-4-6-16-9-13(7-12(16)8-14)20(17,18)15-11(5-2)10-19-3/h7,9,11,15H,4-6,8,10,14H2,1-3H3. The molecule has 1 atom stereocenters. The first kappa shape index (κ1) is 17.2. The summed E-state index contributed by atoms with van der Waals surface area (Å²) in [4.78, 5) is 0.265. The third kappa shape index (κ3) is 4.31. The first-order valence-electron chi connectivity index (χ1n) is 6.88. The molecule has 1 aromatic rings. The van der Waals surface area contributed by atoms with Gasteiger partial charge in [0.2, 0.25) is 10.0 Å². The average molecular weight is 303 g/mol. The van der Waals surface area contributed by atoms with Crippen LogP contribution in [0.4, 0.5) is 0 Å². The van der Waals surface area contributed by atoms with E-state index >= 15 is 0 Å². The Morgan fingerprint density at radius 1 is 1.45 bits per heavy atom. The van der Waals surface area contributed by atoms with Crippen LogP contribution in [0.2, 0.25) is 0 Å². The second-order valence-corrected chi connectivity index (χ2v) is 6.46. The van der Waals surface area contributed by atoms with E-state index in [9.17, 15) is 8.42 Å². The van der Waals surface area contributed by atoms with E-state index in [0.29, 0.717) is 19.6 Å². The highest BCUT2D eigenvalue weighted by Gasteiger charge is 2.21. The Hall–Kier alpha value is -0.890. The molecule has 0 saturated carbocycles. The number of hydrogen-bond donors (Lipinski definition) is 2. The molecule has 1 rings (SSSR count). The first-order chi connectivity index (χ1) is 9.48. The van der Waals surface area contributed by atoms with E-state index in [4.69, 9.17) is 10.5 Å². The van der Waals surface area contributed by atoms with E-state index in [1.807, 2.05) is 18.4 Å². The van der Waals surface area contributed by atoms with E-state index in [1.165, 1.54) is 0 Å². The van der Waals surface area contributed by atoms with Gasteiger partial charge in [-0.1, -0.05) is 13.8 Å². The van der Waals surface area contributed by atoms with Crippen LogP contribution < -0.4 is 10.5 Å². The van der Waals surface area contributed by atoms with Gasteiger partial charge in [-0.2, -0.15) is 0 Å². The van der Waals surface area contributed by atoms with Crippen molar-refractivity contribution in [1.82, 2.24) is 9.29 Å². The van der Waals surface area contributed by atoms with Crippen LogP contribution in [0.15, 0.2) is 17.2 Å². The van der Waals surface area contributed by atoms with Crippen molar-refractivity contribution < 1.29 is 13.2 Å². The molecule has 0 spiro atoms. The summed E-state index contributed by atoms with van der Waals surface area (Å²) in [6.45, 7) is 5.40. The largest absolute Gasteiger partial charge is 0.383 e. The Morgan fingerprint density at radius 3 is 2.65 bits per heavy atom. The molecule has 1 aromatic heterocycles. The smallest absolute Gasteiger partial charge is 0.242 e. The number of aryl methyl sites for hydroxylation is 1. The molecule has 0 aliphatic heterocycles. The summed E-state index contributed by atoms with van der Waals surface area (Å²) in [6.07, 6.45) is 3.25. The Balaban J connectivity index is 2.97. The summed E-state index contributed by atoms with van der Waals surface area (Å²) in [7, 11) is -1.97. The Labute approximate surface area is 121 Å². The minimum atomic E-state index is -3.53. The fourth-order valence-electron chi connectivity index (χ4n) is 2.02. The van der Waals surface area contributed by atoms with Gasteiger partial charge < -0.3 is 15.0 Å². The maximum Gasteiger partial charge on any atom is 0.242 e. The van der Waals surface area contributed by atoms with Gasteiger partial charge in [-0.3, -0.25) is 0 Å². The Bertz CT molecular complexity index is 511. The number of sulfonamides is 1. The highest BCUT2D eigenvalue weighted by Crippen LogP contribution is 2.15. The molecule has 1 unspecified atom stereocenters. The quantitative estimate of drug-likeness (QED) is 0.714. The molecule has 116 valence electrons. The number of ether oxygens (including phenoxy) is 1. The molecular weight excluding hydrogens is 278 g/mol. The fraction of sp³-hybridized carbons (Fsp3) is 0.692. The number of aromatic nitrogens is 1. The maximum absolute atomic E-state index is 12.3. The van der Waals surface area contributed by atoms with E-state index < -0.39 is 10.0 Å². The van der Waals surface area contributed by atoms with Gasteiger partial charge in [0, 0.05) is 38.1 Å². The van der Waals surface area contributed by atoms with Crippen LogP contribution >= 0.6 is 0 Å². The first-order valence-corrected chi connectivity index (χ1v) is 8.37. The summed E-state index contributed by atoms with van der Waals surface area (Å²) in [5, 5.41) is 0. The van der Waals surface area contributed by atoms with Gasteiger partial charge in [-0.15, -0.1) is 0 Å². The Kier molecular flexibility index (Phi) is 6.67. The summed E-state index contributed by atoms with van der Waals surface area (Å²) >= 11 is 0. The molecular formula is C13H25N3O3S. The summed E-state index contributed by atoms with van der Waals surface area (Å²) in [5.74, 6) is 0. The van der Waals surface area contributed by atoms with Crippen molar-refractivity contribution >= 4 is 10.0 Å². The van der Waals surface area contributed by atoms with Crippen molar-refractivity contribution in [2.24, 2.45) is 5.73 Å². The zero-order valence-electron chi connectivity index (χ0n) is 12.4. The highest BCUT2D eigenvalue weighted by atomic mass is 32.2. The number of nitrogens with two attached hydrogens (primary N) is 1. The fourth-order valence-corrected chi connectivity index (χ4v) is 3.38. The lowest BCUT2D eigenvalue weighted by Crippen LogP contribution is -2.37. The highest BCUT2D eigenvalue weighted by molar-refractivity contribution is 7.89. The topological polar surface area (TPSA) is 86.3 Å². The predicted molar refractivity (Wildman–Crippen MR) is 78.9 cm³/mol. The minimum absolute atomic E-state index is 0.221. The van der Waals surface area contributed by atoms with Crippen LogP contribution in [0.25, 0.3) is 0 Å². The molecule has 1 heterocycles. The average Bonchev–Trinajstić information content (AvgIpc) is 2.82. The van der Waals surface area contributed by atoms with Gasteiger partial charge in [0.15, 0.2) is 0 Å². The molecule has 20 heavy (non-hydrogen) atoms. The number of rotatable bonds is 9. The minimum Gasteiger partial charge on any atom is -0.383 e. The summed E-state index contributed by atoms with van der Waals surface area (Å²) in [6, 6.07) is 1.41. The second kappa shape index (κ2) is 7.78. The predicted octanol–water partition coefficient (Wildman–Crippen LogP) is 1.06.